The Morgan fingerprint density at radius 2 is 1.94 bits per heavy atom. The highest BCUT2D eigenvalue weighted by atomic mass is 35.5. The maximum Gasteiger partial charge on any atom is 0.337 e. The first-order chi connectivity index (χ1) is 14.9. The Kier molecular flexibility index (Phi) is 5.71. The largest absolute Gasteiger partial charge is 0.497 e. The first-order valence-corrected chi connectivity index (χ1v) is 10.1. The van der Waals surface area contributed by atoms with E-state index in [0.29, 0.717) is 28.0 Å². The smallest absolute Gasteiger partial charge is 0.337 e. The fraction of sp³-hybridized carbons (Fsp3) is 0.136. The molecule has 0 radical (unpaired) electrons. The lowest BCUT2D eigenvalue weighted by atomic mass is 10.2. The van der Waals surface area contributed by atoms with Gasteiger partial charge in [-0.2, -0.15) is 0 Å². The number of allylic oxidation sites excluding steroid dienone is 1. The van der Waals surface area contributed by atoms with E-state index in [9.17, 15) is 9.59 Å². The molecule has 0 spiro atoms. The van der Waals surface area contributed by atoms with Crippen LogP contribution in [-0.4, -0.2) is 25.8 Å². The standard InChI is InChI=1S/C22H18Cl2N4O3/c1-3-9-27-21(29)19-20(28(22(27)30)15-5-4-6-16(11-15)31-2)25-13-26(19)12-14-7-8-17(23)18(24)10-14/h3-8,10-11,13H,1,9,12H2,2H3. The molecule has 7 nitrogen and oxygen atoms in total. The van der Waals surface area contributed by atoms with Crippen LogP contribution >= 0.6 is 23.2 Å². The lowest BCUT2D eigenvalue weighted by molar-refractivity contribution is 0.414. The number of rotatable bonds is 6. The maximum atomic E-state index is 13.2. The molecule has 0 bridgehead atoms. The predicted octanol–water partition coefficient (Wildman–Crippen LogP) is 3.90. The van der Waals surface area contributed by atoms with Gasteiger partial charge < -0.3 is 9.30 Å². The third-order valence-electron chi connectivity index (χ3n) is 4.86. The summed E-state index contributed by atoms with van der Waals surface area (Å²) in [4.78, 5) is 30.8. The molecule has 9 heteroatoms. The van der Waals surface area contributed by atoms with Gasteiger partial charge in [0.2, 0.25) is 0 Å². The number of hydrogen-bond acceptors (Lipinski definition) is 4. The third kappa shape index (κ3) is 3.78. The summed E-state index contributed by atoms with van der Waals surface area (Å²) in [6.45, 7) is 4.06. The second-order valence-corrected chi connectivity index (χ2v) is 7.63. The van der Waals surface area contributed by atoms with Crippen LogP contribution < -0.4 is 16.0 Å². The van der Waals surface area contributed by atoms with Gasteiger partial charge in [0.25, 0.3) is 5.56 Å². The Balaban J connectivity index is 1.98. The highest BCUT2D eigenvalue weighted by Gasteiger charge is 2.19. The summed E-state index contributed by atoms with van der Waals surface area (Å²) in [7, 11) is 1.54. The summed E-state index contributed by atoms with van der Waals surface area (Å²) < 4.78 is 9.50. The summed E-state index contributed by atoms with van der Waals surface area (Å²) in [5.74, 6) is 0.578. The van der Waals surface area contributed by atoms with E-state index < -0.39 is 11.2 Å². The van der Waals surface area contributed by atoms with Crippen LogP contribution in [0.15, 0.2) is 71.0 Å². The summed E-state index contributed by atoms with van der Waals surface area (Å²) in [5.41, 5.74) is 0.954. The molecule has 2 heterocycles. The molecule has 0 N–H and O–H groups in total. The normalized spacial score (nSPS) is 11.1. The van der Waals surface area contributed by atoms with E-state index in [-0.39, 0.29) is 17.7 Å². The fourth-order valence-corrected chi connectivity index (χ4v) is 3.73. The highest BCUT2D eigenvalue weighted by molar-refractivity contribution is 6.42. The van der Waals surface area contributed by atoms with E-state index in [4.69, 9.17) is 27.9 Å². The number of halogens is 2. The molecule has 4 aromatic rings. The molecule has 0 fully saturated rings. The van der Waals surface area contributed by atoms with Gasteiger partial charge in [-0.3, -0.25) is 9.36 Å². The van der Waals surface area contributed by atoms with Crippen molar-refractivity contribution in [1.82, 2.24) is 18.7 Å². The lowest BCUT2D eigenvalue weighted by Gasteiger charge is -2.12. The van der Waals surface area contributed by atoms with Crippen molar-refractivity contribution in [3.8, 4) is 11.4 Å². The van der Waals surface area contributed by atoms with E-state index in [1.165, 1.54) is 17.0 Å². The summed E-state index contributed by atoms with van der Waals surface area (Å²) in [5, 5.41) is 0.863. The molecule has 0 saturated carbocycles. The van der Waals surface area contributed by atoms with Crippen LogP contribution in [0.3, 0.4) is 0 Å². The topological polar surface area (TPSA) is 71.1 Å². The minimum Gasteiger partial charge on any atom is -0.497 e. The Bertz CT molecular complexity index is 1420. The van der Waals surface area contributed by atoms with Crippen LogP contribution in [0, 0.1) is 0 Å². The molecular formula is C22H18Cl2N4O3. The van der Waals surface area contributed by atoms with Crippen LogP contribution in [0.4, 0.5) is 0 Å². The second-order valence-electron chi connectivity index (χ2n) is 6.82. The monoisotopic (exact) mass is 456 g/mol. The SMILES string of the molecule is C=CCn1c(=O)c2c(ncn2Cc2ccc(Cl)c(Cl)c2)n(-c2cccc(OC)c2)c1=O. The van der Waals surface area contributed by atoms with Crippen molar-refractivity contribution in [3.63, 3.8) is 0 Å². The quantitative estimate of drug-likeness (QED) is 0.412. The van der Waals surface area contributed by atoms with Crippen molar-refractivity contribution >= 4 is 34.4 Å². The van der Waals surface area contributed by atoms with E-state index >= 15 is 0 Å². The number of aromatic nitrogens is 4. The van der Waals surface area contributed by atoms with Gasteiger partial charge in [-0.05, 0) is 29.8 Å². The number of methoxy groups -OCH3 is 1. The minimum absolute atomic E-state index is 0.0650. The van der Waals surface area contributed by atoms with Crippen molar-refractivity contribution in [1.29, 1.82) is 0 Å². The molecule has 0 aliphatic carbocycles. The van der Waals surface area contributed by atoms with Gasteiger partial charge in [0.15, 0.2) is 11.2 Å². The average molecular weight is 457 g/mol. The molecule has 2 aromatic heterocycles. The van der Waals surface area contributed by atoms with Gasteiger partial charge in [-0.25, -0.2) is 14.3 Å². The van der Waals surface area contributed by atoms with Crippen molar-refractivity contribution in [2.75, 3.05) is 7.11 Å². The number of ether oxygens (including phenoxy) is 1. The summed E-state index contributed by atoms with van der Waals surface area (Å²) in [6, 6.07) is 12.2. The van der Waals surface area contributed by atoms with Crippen molar-refractivity contribution in [2.24, 2.45) is 0 Å². The van der Waals surface area contributed by atoms with Crippen LogP contribution in [0.1, 0.15) is 5.56 Å². The van der Waals surface area contributed by atoms with E-state index in [1.807, 2.05) is 6.07 Å². The van der Waals surface area contributed by atoms with Crippen molar-refractivity contribution in [2.45, 2.75) is 13.1 Å². The molecule has 158 valence electrons. The molecule has 0 aliphatic heterocycles. The molecule has 4 rings (SSSR count). The Morgan fingerprint density at radius 3 is 2.65 bits per heavy atom. The van der Waals surface area contributed by atoms with Crippen LogP contribution in [0.2, 0.25) is 10.0 Å². The van der Waals surface area contributed by atoms with Gasteiger partial charge in [0, 0.05) is 19.2 Å². The van der Waals surface area contributed by atoms with E-state index in [2.05, 4.69) is 11.6 Å². The number of fused-ring (bicyclic) bond motifs is 1. The first-order valence-electron chi connectivity index (χ1n) is 9.34. The Labute approximate surface area is 187 Å². The number of nitrogens with zero attached hydrogens (tertiary/aromatic N) is 4. The first kappa shape index (κ1) is 21.0. The maximum absolute atomic E-state index is 13.2. The lowest BCUT2D eigenvalue weighted by Crippen LogP contribution is -2.39. The predicted molar refractivity (Wildman–Crippen MR) is 122 cm³/mol. The molecule has 0 amide bonds. The van der Waals surface area contributed by atoms with E-state index in [0.717, 1.165) is 10.1 Å². The van der Waals surface area contributed by atoms with Crippen LogP contribution in [-0.2, 0) is 13.1 Å². The molecule has 0 aliphatic rings. The van der Waals surface area contributed by atoms with Crippen molar-refractivity contribution < 1.29 is 4.74 Å². The highest BCUT2D eigenvalue weighted by Crippen LogP contribution is 2.24. The summed E-state index contributed by atoms with van der Waals surface area (Å²) in [6.07, 6.45) is 3.03. The number of imidazole rings is 1. The Morgan fingerprint density at radius 1 is 1.13 bits per heavy atom. The van der Waals surface area contributed by atoms with Gasteiger partial charge >= 0.3 is 5.69 Å². The van der Waals surface area contributed by atoms with Gasteiger partial charge in [-0.15, -0.1) is 6.58 Å². The minimum atomic E-state index is -0.509. The van der Waals surface area contributed by atoms with Gasteiger partial charge in [0.05, 0.1) is 29.2 Å². The molecular weight excluding hydrogens is 439 g/mol. The Hall–Kier alpha value is -3.29. The molecule has 0 saturated heterocycles. The summed E-state index contributed by atoms with van der Waals surface area (Å²) >= 11 is 12.1. The van der Waals surface area contributed by atoms with Gasteiger partial charge in [0.1, 0.15) is 5.75 Å². The molecule has 31 heavy (non-hydrogen) atoms. The second kappa shape index (κ2) is 8.45. The van der Waals surface area contributed by atoms with Crippen molar-refractivity contribution in [3.05, 3.63) is 97.9 Å². The molecule has 0 unspecified atom stereocenters. The van der Waals surface area contributed by atoms with E-state index in [1.54, 1.807) is 48.1 Å². The fourth-order valence-electron chi connectivity index (χ4n) is 3.41. The third-order valence-corrected chi connectivity index (χ3v) is 5.60. The van der Waals surface area contributed by atoms with Crippen LogP contribution in [0.5, 0.6) is 5.75 Å². The number of hydrogen-bond donors (Lipinski definition) is 0. The average Bonchev–Trinajstić information content (AvgIpc) is 3.17. The zero-order chi connectivity index (χ0) is 22.1. The molecule has 0 atom stereocenters. The molecule has 2 aromatic carbocycles. The van der Waals surface area contributed by atoms with Gasteiger partial charge in [-0.1, -0.05) is 41.4 Å². The zero-order valence-corrected chi connectivity index (χ0v) is 18.1. The van der Waals surface area contributed by atoms with Crippen LogP contribution in [0.25, 0.3) is 16.9 Å². The zero-order valence-electron chi connectivity index (χ0n) is 16.6. The number of benzene rings is 2.